The fourth-order valence-electron chi connectivity index (χ4n) is 4.37. The van der Waals surface area contributed by atoms with Gasteiger partial charge in [0.2, 0.25) is 5.95 Å². The molecule has 7 nitrogen and oxygen atoms in total. The second-order valence-electron chi connectivity index (χ2n) is 8.78. The molecule has 1 fully saturated rings. The van der Waals surface area contributed by atoms with Crippen molar-refractivity contribution in [1.29, 1.82) is 0 Å². The zero-order valence-corrected chi connectivity index (χ0v) is 18.2. The van der Waals surface area contributed by atoms with Gasteiger partial charge in [0.05, 0.1) is 11.7 Å². The van der Waals surface area contributed by atoms with Gasteiger partial charge in [-0.25, -0.2) is 28.7 Å². The van der Waals surface area contributed by atoms with E-state index in [1.54, 1.807) is 6.07 Å². The maximum atomic E-state index is 14.9. The van der Waals surface area contributed by atoms with Crippen molar-refractivity contribution in [1.82, 2.24) is 29.8 Å². The molecular weight excluding hydrogens is 424 g/mol. The minimum atomic E-state index is -0.617. The molecular formula is C24H23F2N7. The van der Waals surface area contributed by atoms with Crippen LogP contribution in [0.1, 0.15) is 29.9 Å². The molecule has 0 atom stereocenters. The fraction of sp³-hybridized carbons (Fsp3) is 0.333. The second kappa shape index (κ2) is 7.84. The summed E-state index contributed by atoms with van der Waals surface area (Å²) in [5.41, 5.74) is 3.53. The molecule has 0 bridgehead atoms. The van der Waals surface area contributed by atoms with Crippen molar-refractivity contribution in [3.05, 3.63) is 59.2 Å². The standard InChI is InChI=1S/C24H23F2N7/c1-13-29-23-17(25)8-16(9-20(23)33(13)12-14-2-3-14)22-18(26)11-28-24(32-22)31-21-5-4-15-10-27-7-6-19(15)30-21/h4-5,8-9,11,14,27H,2-3,6-7,10,12H2,1H3,(H,28,30,31,32). The SMILES string of the molecule is Cc1nc2c(F)cc(-c3nc(Nc4ccc5c(n4)CCNC5)ncc3F)cc2n1CC1CC1. The minimum Gasteiger partial charge on any atom is -0.328 e. The first-order chi connectivity index (χ1) is 16.0. The Balaban J connectivity index is 1.37. The number of hydrogen-bond donors (Lipinski definition) is 2. The van der Waals surface area contributed by atoms with Crippen LogP contribution in [0.2, 0.25) is 0 Å². The number of nitrogens with one attached hydrogen (secondary N) is 2. The predicted molar refractivity (Wildman–Crippen MR) is 121 cm³/mol. The normalized spacial score (nSPS) is 15.6. The lowest BCUT2D eigenvalue weighted by Gasteiger charge is -2.17. The summed E-state index contributed by atoms with van der Waals surface area (Å²) in [4.78, 5) is 17.5. The van der Waals surface area contributed by atoms with Gasteiger partial charge in [0.15, 0.2) is 11.6 Å². The van der Waals surface area contributed by atoms with Gasteiger partial charge < -0.3 is 15.2 Å². The van der Waals surface area contributed by atoms with Gasteiger partial charge in [0.1, 0.15) is 22.9 Å². The van der Waals surface area contributed by atoms with Crippen LogP contribution in [0.5, 0.6) is 0 Å². The molecule has 0 saturated heterocycles. The van der Waals surface area contributed by atoms with E-state index in [0.717, 1.165) is 49.3 Å². The lowest BCUT2D eigenvalue weighted by molar-refractivity contribution is 0.617. The summed E-state index contributed by atoms with van der Waals surface area (Å²) in [5.74, 6) is 1.04. The average molecular weight is 447 g/mol. The topological polar surface area (TPSA) is 80.6 Å². The van der Waals surface area contributed by atoms with Gasteiger partial charge in [-0.05, 0) is 49.4 Å². The summed E-state index contributed by atoms with van der Waals surface area (Å²) < 4.78 is 31.7. The van der Waals surface area contributed by atoms with Crippen LogP contribution in [0.15, 0.2) is 30.5 Å². The molecule has 3 aromatic heterocycles. The lowest BCUT2D eigenvalue weighted by Crippen LogP contribution is -2.24. The molecule has 1 aliphatic heterocycles. The molecule has 168 valence electrons. The van der Waals surface area contributed by atoms with Crippen LogP contribution in [0.4, 0.5) is 20.5 Å². The quantitative estimate of drug-likeness (QED) is 0.476. The number of imidazole rings is 1. The Morgan fingerprint density at radius 1 is 1.12 bits per heavy atom. The van der Waals surface area contributed by atoms with Crippen molar-refractivity contribution < 1.29 is 8.78 Å². The molecule has 1 saturated carbocycles. The molecule has 0 radical (unpaired) electrons. The molecule has 6 rings (SSSR count). The molecule has 4 heterocycles. The number of anilines is 2. The van der Waals surface area contributed by atoms with E-state index in [9.17, 15) is 8.78 Å². The fourth-order valence-corrected chi connectivity index (χ4v) is 4.37. The highest BCUT2D eigenvalue weighted by Crippen LogP contribution is 2.34. The number of fused-ring (bicyclic) bond motifs is 2. The van der Waals surface area contributed by atoms with Gasteiger partial charge in [-0.15, -0.1) is 0 Å². The number of aryl methyl sites for hydroxylation is 1. The monoisotopic (exact) mass is 447 g/mol. The van der Waals surface area contributed by atoms with Crippen LogP contribution in [0, 0.1) is 24.5 Å². The van der Waals surface area contributed by atoms with E-state index >= 15 is 0 Å². The van der Waals surface area contributed by atoms with Gasteiger partial charge in [0.25, 0.3) is 0 Å². The number of benzene rings is 1. The van der Waals surface area contributed by atoms with Gasteiger partial charge in [-0.2, -0.15) is 0 Å². The number of nitrogens with zero attached hydrogens (tertiary/aromatic N) is 5. The largest absolute Gasteiger partial charge is 0.328 e. The Morgan fingerprint density at radius 2 is 2.00 bits per heavy atom. The first-order valence-electron chi connectivity index (χ1n) is 11.2. The molecule has 33 heavy (non-hydrogen) atoms. The van der Waals surface area contributed by atoms with Gasteiger partial charge >= 0.3 is 0 Å². The first-order valence-corrected chi connectivity index (χ1v) is 11.2. The minimum absolute atomic E-state index is 0.0345. The number of rotatable bonds is 5. The van der Waals surface area contributed by atoms with E-state index in [4.69, 9.17) is 0 Å². The van der Waals surface area contributed by atoms with Crippen LogP contribution in [-0.2, 0) is 19.5 Å². The lowest BCUT2D eigenvalue weighted by atomic mass is 10.1. The van der Waals surface area contributed by atoms with Crippen molar-refractivity contribution in [3.8, 4) is 11.3 Å². The highest BCUT2D eigenvalue weighted by atomic mass is 19.1. The van der Waals surface area contributed by atoms with Crippen LogP contribution in [0.25, 0.3) is 22.3 Å². The van der Waals surface area contributed by atoms with Crippen LogP contribution in [0.3, 0.4) is 0 Å². The van der Waals surface area contributed by atoms with Gasteiger partial charge in [-0.1, -0.05) is 6.07 Å². The van der Waals surface area contributed by atoms with E-state index in [1.165, 1.54) is 18.9 Å². The Bertz CT molecular complexity index is 1380. The molecule has 0 amide bonds. The predicted octanol–water partition coefficient (Wildman–Crippen LogP) is 4.27. The average Bonchev–Trinajstić information content (AvgIpc) is 3.58. The highest BCUT2D eigenvalue weighted by Gasteiger charge is 2.25. The maximum Gasteiger partial charge on any atom is 0.229 e. The van der Waals surface area contributed by atoms with E-state index in [-0.39, 0.29) is 11.6 Å². The smallest absolute Gasteiger partial charge is 0.229 e. The molecule has 0 spiro atoms. The van der Waals surface area contributed by atoms with E-state index in [0.29, 0.717) is 28.3 Å². The number of aromatic nitrogens is 5. The van der Waals surface area contributed by atoms with Gasteiger partial charge in [0, 0.05) is 37.3 Å². The summed E-state index contributed by atoms with van der Waals surface area (Å²) in [7, 11) is 0. The molecule has 2 N–H and O–H groups in total. The second-order valence-corrected chi connectivity index (χ2v) is 8.78. The van der Waals surface area contributed by atoms with Crippen LogP contribution in [-0.4, -0.2) is 31.0 Å². The summed E-state index contributed by atoms with van der Waals surface area (Å²) in [5, 5.41) is 6.38. The zero-order valence-electron chi connectivity index (χ0n) is 18.2. The third kappa shape index (κ3) is 3.82. The third-order valence-corrected chi connectivity index (χ3v) is 6.32. The highest BCUT2D eigenvalue weighted by molar-refractivity contribution is 5.83. The summed E-state index contributed by atoms with van der Waals surface area (Å²) in [6.07, 6.45) is 4.28. The van der Waals surface area contributed by atoms with E-state index in [1.807, 2.05) is 23.6 Å². The molecule has 1 aromatic carbocycles. The summed E-state index contributed by atoms with van der Waals surface area (Å²) >= 11 is 0. The van der Waals surface area contributed by atoms with E-state index < -0.39 is 11.6 Å². The van der Waals surface area contributed by atoms with Crippen molar-refractivity contribution in [2.45, 2.75) is 39.3 Å². The van der Waals surface area contributed by atoms with Gasteiger partial charge in [-0.3, -0.25) is 0 Å². The number of hydrogen-bond acceptors (Lipinski definition) is 6. The molecule has 0 unspecified atom stereocenters. The first kappa shape index (κ1) is 20.2. The zero-order chi connectivity index (χ0) is 22.5. The van der Waals surface area contributed by atoms with Crippen molar-refractivity contribution in [2.75, 3.05) is 11.9 Å². The Morgan fingerprint density at radius 3 is 2.85 bits per heavy atom. The molecule has 2 aliphatic rings. The van der Waals surface area contributed by atoms with Crippen molar-refractivity contribution >= 4 is 22.8 Å². The Kier molecular flexibility index (Phi) is 4.79. The number of halogens is 2. The molecule has 4 aromatic rings. The molecule has 1 aliphatic carbocycles. The summed E-state index contributed by atoms with van der Waals surface area (Å²) in [6, 6.07) is 6.91. The van der Waals surface area contributed by atoms with Crippen LogP contribution < -0.4 is 10.6 Å². The molecule has 9 heteroatoms. The Hall–Kier alpha value is -3.46. The summed E-state index contributed by atoms with van der Waals surface area (Å²) in [6.45, 7) is 4.34. The van der Waals surface area contributed by atoms with E-state index in [2.05, 4.69) is 30.6 Å². The maximum absolute atomic E-state index is 14.9. The number of pyridine rings is 1. The van der Waals surface area contributed by atoms with Crippen molar-refractivity contribution in [2.24, 2.45) is 5.92 Å². The van der Waals surface area contributed by atoms with Crippen LogP contribution >= 0.6 is 0 Å². The third-order valence-electron chi connectivity index (χ3n) is 6.32. The Labute approximate surface area is 189 Å². The van der Waals surface area contributed by atoms with Crippen molar-refractivity contribution in [3.63, 3.8) is 0 Å².